The monoisotopic (exact) mass is 489 g/mol. The quantitative estimate of drug-likeness (QED) is 0.219. The highest BCUT2D eigenvalue weighted by atomic mass is 35.5. The molecule has 4 rings (SSSR count). The molecule has 1 aliphatic heterocycles. The molecule has 0 unspecified atom stereocenters. The molecular formula is C21H24ClN7O3S. The standard InChI is InChI=1S/C21H24ClN7O3S/c1-13(2)33-21-25-18(27-8-3-4-9-27)16-12-24-28(19(16)26-21)10-7-23-20(30)15-11-14(22)5-6-17(15)29(31)32/h5-6,11-13H,3-4,7-10H2,1-2H3,(H,23,30). The Balaban J connectivity index is 1.54. The Morgan fingerprint density at radius 3 is 2.76 bits per heavy atom. The van der Waals surface area contributed by atoms with E-state index in [1.54, 1.807) is 22.6 Å². The number of rotatable bonds is 8. The van der Waals surface area contributed by atoms with Crippen LogP contribution in [0.3, 0.4) is 0 Å². The number of carbonyl (C=O) groups is 1. The van der Waals surface area contributed by atoms with Crippen LogP contribution in [0.2, 0.25) is 5.02 Å². The lowest BCUT2D eigenvalue weighted by Crippen LogP contribution is -2.28. The number of nitro benzene ring substituents is 1. The van der Waals surface area contributed by atoms with Gasteiger partial charge in [-0.1, -0.05) is 37.2 Å². The van der Waals surface area contributed by atoms with Crippen LogP contribution in [0.5, 0.6) is 0 Å². The molecule has 1 aliphatic rings. The molecule has 0 atom stereocenters. The number of hydrogen-bond acceptors (Lipinski definition) is 8. The summed E-state index contributed by atoms with van der Waals surface area (Å²) >= 11 is 7.52. The fourth-order valence-corrected chi connectivity index (χ4v) is 4.61. The van der Waals surface area contributed by atoms with Gasteiger partial charge in [0.2, 0.25) is 0 Å². The molecule has 1 saturated heterocycles. The highest BCUT2D eigenvalue weighted by molar-refractivity contribution is 7.99. The number of nitrogens with zero attached hydrogens (tertiary/aromatic N) is 6. The van der Waals surface area contributed by atoms with Crippen LogP contribution in [0.15, 0.2) is 29.6 Å². The van der Waals surface area contributed by atoms with Gasteiger partial charge in [0.25, 0.3) is 11.6 Å². The van der Waals surface area contributed by atoms with E-state index >= 15 is 0 Å². The smallest absolute Gasteiger partial charge is 0.282 e. The van der Waals surface area contributed by atoms with Crippen molar-refractivity contribution in [1.29, 1.82) is 0 Å². The van der Waals surface area contributed by atoms with E-state index in [4.69, 9.17) is 21.6 Å². The minimum absolute atomic E-state index is 0.0768. The topological polar surface area (TPSA) is 119 Å². The lowest BCUT2D eigenvalue weighted by Gasteiger charge is -2.18. The number of fused-ring (bicyclic) bond motifs is 1. The predicted octanol–water partition coefficient (Wildman–Crippen LogP) is 3.92. The molecule has 1 N–H and O–H groups in total. The first-order chi connectivity index (χ1) is 15.8. The summed E-state index contributed by atoms with van der Waals surface area (Å²) in [4.78, 5) is 35.0. The van der Waals surface area contributed by atoms with Gasteiger partial charge in [-0.3, -0.25) is 14.9 Å². The fraction of sp³-hybridized carbons (Fsp3) is 0.429. The number of hydrogen-bond donors (Lipinski definition) is 1. The number of carbonyl (C=O) groups excluding carboxylic acids is 1. The lowest BCUT2D eigenvalue weighted by atomic mass is 10.1. The molecule has 1 aromatic carbocycles. The normalized spacial score (nSPS) is 13.8. The first-order valence-corrected chi connectivity index (χ1v) is 12.0. The molecule has 2 aromatic heterocycles. The molecule has 0 radical (unpaired) electrons. The van der Waals surface area contributed by atoms with Gasteiger partial charge in [0, 0.05) is 36.0 Å². The Hall–Kier alpha value is -2.92. The molecular weight excluding hydrogens is 466 g/mol. The zero-order chi connectivity index (χ0) is 23.5. The first kappa shape index (κ1) is 23.2. The van der Waals surface area contributed by atoms with Crippen LogP contribution < -0.4 is 10.2 Å². The molecule has 0 aliphatic carbocycles. The second-order valence-corrected chi connectivity index (χ2v) is 9.95. The highest BCUT2D eigenvalue weighted by Crippen LogP contribution is 2.30. The molecule has 174 valence electrons. The van der Waals surface area contributed by atoms with Crippen molar-refractivity contribution in [3.05, 3.63) is 45.1 Å². The Kier molecular flexibility index (Phi) is 6.99. The number of anilines is 1. The van der Waals surface area contributed by atoms with E-state index in [0.717, 1.165) is 37.1 Å². The minimum atomic E-state index is -0.600. The lowest BCUT2D eigenvalue weighted by molar-refractivity contribution is -0.385. The van der Waals surface area contributed by atoms with Gasteiger partial charge < -0.3 is 10.2 Å². The molecule has 0 saturated carbocycles. The Morgan fingerprint density at radius 1 is 1.30 bits per heavy atom. The Morgan fingerprint density at radius 2 is 2.06 bits per heavy atom. The van der Waals surface area contributed by atoms with Crippen LogP contribution in [0.1, 0.15) is 37.0 Å². The Labute approximate surface area is 199 Å². The zero-order valence-electron chi connectivity index (χ0n) is 18.3. The zero-order valence-corrected chi connectivity index (χ0v) is 19.9. The molecule has 3 heterocycles. The third kappa shape index (κ3) is 5.19. The number of halogens is 1. The van der Waals surface area contributed by atoms with E-state index in [2.05, 4.69) is 29.2 Å². The summed E-state index contributed by atoms with van der Waals surface area (Å²) in [6.07, 6.45) is 4.03. The number of nitro groups is 1. The van der Waals surface area contributed by atoms with E-state index in [0.29, 0.717) is 22.6 Å². The van der Waals surface area contributed by atoms with Gasteiger partial charge in [0.15, 0.2) is 10.8 Å². The molecule has 10 nitrogen and oxygen atoms in total. The minimum Gasteiger partial charge on any atom is -0.356 e. The van der Waals surface area contributed by atoms with Crippen LogP contribution in [0.25, 0.3) is 11.0 Å². The summed E-state index contributed by atoms with van der Waals surface area (Å²) in [6.45, 7) is 6.67. The number of aromatic nitrogens is 4. The average molecular weight is 490 g/mol. The maximum atomic E-state index is 12.6. The molecule has 0 spiro atoms. The summed E-state index contributed by atoms with van der Waals surface area (Å²) in [5.41, 5.74) is 0.338. The van der Waals surface area contributed by atoms with Gasteiger partial charge in [-0.15, -0.1) is 0 Å². The third-order valence-electron chi connectivity index (χ3n) is 5.21. The van der Waals surface area contributed by atoms with Crippen molar-refractivity contribution < 1.29 is 9.72 Å². The van der Waals surface area contributed by atoms with Gasteiger partial charge in [-0.25, -0.2) is 14.6 Å². The van der Waals surface area contributed by atoms with Crippen LogP contribution in [-0.2, 0) is 6.54 Å². The van der Waals surface area contributed by atoms with E-state index < -0.39 is 10.8 Å². The number of benzene rings is 1. The van der Waals surface area contributed by atoms with Crippen LogP contribution in [0, 0.1) is 10.1 Å². The Bertz CT molecular complexity index is 1190. The van der Waals surface area contributed by atoms with Crippen molar-refractivity contribution in [1.82, 2.24) is 25.1 Å². The predicted molar refractivity (Wildman–Crippen MR) is 128 cm³/mol. The number of nitrogens with one attached hydrogen (secondary N) is 1. The second kappa shape index (κ2) is 9.92. The van der Waals surface area contributed by atoms with Crippen molar-refractivity contribution in [2.75, 3.05) is 24.5 Å². The summed E-state index contributed by atoms with van der Waals surface area (Å²) in [5.74, 6) is 0.328. The van der Waals surface area contributed by atoms with Gasteiger partial charge in [-0.05, 0) is 25.0 Å². The van der Waals surface area contributed by atoms with Crippen molar-refractivity contribution in [2.45, 2.75) is 43.6 Å². The van der Waals surface area contributed by atoms with Crippen LogP contribution in [-0.4, -0.2) is 55.5 Å². The largest absolute Gasteiger partial charge is 0.356 e. The number of thioether (sulfide) groups is 1. The molecule has 1 fully saturated rings. The summed E-state index contributed by atoms with van der Waals surface area (Å²) < 4.78 is 1.73. The van der Waals surface area contributed by atoms with Crippen molar-refractivity contribution in [2.24, 2.45) is 0 Å². The van der Waals surface area contributed by atoms with Crippen molar-refractivity contribution >= 4 is 51.8 Å². The second-order valence-electron chi connectivity index (χ2n) is 7.97. The van der Waals surface area contributed by atoms with Gasteiger partial charge in [0.05, 0.1) is 23.1 Å². The van der Waals surface area contributed by atoms with Gasteiger partial charge >= 0.3 is 0 Å². The molecule has 0 bridgehead atoms. The number of amides is 1. The molecule has 33 heavy (non-hydrogen) atoms. The van der Waals surface area contributed by atoms with Gasteiger partial charge in [-0.2, -0.15) is 5.10 Å². The average Bonchev–Trinajstić information content (AvgIpc) is 3.43. The maximum Gasteiger partial charge on any atom is 0.282 e. The first-order valence-electron chi connectivity index (χ1n) is 10.7. The summed E-state index contributed by atoms with van der Waals surface area (Å²) in [5, 5.41) is 20.6. The van der Waals surface area contributed by atoms with Crippen LogP contribution in [0.4, 0.5) is 11.5 Å². The molecule has 3 aromatic rings. The SMILES string of the molecule is CC(C)Sc1nc(N2CCCC2)c2cnn(CCNC(=O)c3cc(Cl)ccc3[N+](=O)[O-])c2n1. The maximum absolute atomic E-state index is 12.6. The van der Waals surface area contributed by atoms with E-state index in [1.165, 1.54) is 18.2 Å². The summed E-state index contributed by atoms with van der Waals surface area (Å²) in [7, 11) is 0. The van der Waals surface area contributed by atoms with Crippen molar-refractivity contribution in [3.8, 4) is 0 Å². The van der Waals surface area contributed by atoms with Crippen LogP contribution >= 0.6 is 23.4 Å². The van der Waals surface area contributed by atoms with E-state index in [1.807, 2.05) is 0 Å². The van der Waals surface area contributed by atoms with E-state index in [-0.39, 0.29) is 22.8 Å². The van der Waals surface area contributed by atoms with Gasteiger partial charge in [0.1, 0.15) is 11.4 Å². The summed E-state index contributed by atoms with van der Waals surface area (Å²) in [6, 6.07) is 3.91. The molecule has 1 amide bonds. The molecule has 12 heteroatoms. The highest BCUT2D eigenvalue weighted by Gasteiger charge is 2.22. The van der Waals surface area contributed by atoms with E-state index in [9.17, 15) is 14.9 Å². The third-order valence-corrected chi connectivity index (χ3v) is 6.31. The van der Waals surface area contributed by atoms with Crippen molar-refractivity contribution in [3.63, 3.8) is 0 Å². The fourth-order valence-electron chi connectivity index (χ4n) is 3.74.